The Balaban J connectivity index is 2.35. The van der Waals surface area contributed by atoms with Crippen LogP contribution in [0.3, 0.4) is 0 Å². The molecule has 0 bridgehead atoms. The van der Waals surface area contributed by atoms with Crippen molar-refractivity contribution in [1.29, 1.82) is 0 Å². The average molecular weight is 173 g/mol. The number of hydrogen-bond donors (Lipinski definition) is 1. The largest absolute Gasteiger partial charge is 0.468 e. The van der Waals surface area contributed by atoms with E-state index in [1.807, 2.05) is 11.8 Å². The molecule has 0 radical (unpaired) electrons. The first kappa shape index (κ1) is 9.48. The number of methoxy groups -OCH3 is 1. The maximum atomic E-state index is 11.0. The molecule has 1 N–H and O–H groups in total. The molecule has 1 saturated heterocycles. The Labute approximate surface area is 72.1 Å². The first-order valence-corrected chi connectivity index (χ1v) is 4.19. The third-order valence-corrected chi connectivity index (χ3v) is 2.27. The number of rotatable bonds is 4. The Morgan fingerprint density at radius 2 is 2.50 bits per heavy atom. The van der Waals surface area contributed by atoms with Gasteiger partial charge in [0.1, 0.15) is 6.04 Å². The lowest BCUT2D eigenvalue weighted by molar-refractivity contribution is -0.141. The molecule has 70 valence electrons. The van der Waals surface area contributed by atoms with E-state index < -0.39 is 0 Å². The minimum absolute atomic E-state index is 0.105. The number of nitrogens with zero attached hydrogens (tertiary/aromatic N) is 1. The van der Waals surface area contributed by atoms with Crippen LogP contribution in [-0.4, -0.2) is 48.3 Å². The summed E-state index contributed by atoms with van der Waals surface area (Å²) in [5, 5.41) is 8.91. The molecule has 0 spiro atoms. The second kappa shape index (κ2) is 3.87. The SMILES string of the molecule is CC[C@@H](CO)N1C[C@H]1C(=O)OC. The smallest absolute Gasteiger partial charge is 0.324 e. The summed E-state index contributed by atoms with van der Waals surface area (Å²) in [6, 6.07) is 0.0150. The van der Waals surface area contributed by atoms with Gasteiger partial charge in [0, 0.05) is 12.6 Å². The molecular formula is C8H15NO3. The molecule has 1 fully saturated rings. The molecular weight excluding hydrogens is 158 g/mol. The van der Waals surface area contributed by atoms with Gasteiger partial charge in [-0.15, -0.1) is 0 Å². The molecule has 0 aromatic rings. The number of carbonyl (C=O) groups excluding carboxylic acids is 1. The predicted molar refractivity (Wildman–Crippen MR) is 43.7 cm³/mol. The quantitative estimate of drug-likeness (QED) is 0.465. The van der Waals surface area contributed by atoms with E-state index in [-0.39, 0.29) is 24.7 Å². The van der Waals surface area contributed by atoms with Gasteiger partial charge in [0.05, 0.1) is 13.7 Å². The lowest BCUT2D eigenvalue weighted by atomic mass is 10.2. The van der Waals surface area contributed by atoms with Gasteiger partial charge in [-0.25, -0.2) is 0 Å². The molecule has 0 aromatic carbocycles. The second-order valence-corrected chi connectivity index (χ2v) is 2.98. The number of ether oxygens (including phenoxy) is 1. The Hall–Kier alpha value is -0.610. The zero-order valence-electron chi connectivity index (χ0n) is 7.49. The summed E-state index contributed by atoms with van der Waals surface area (Å²) >= 11 is 0. The van der Waals surface area contributed by atoms with Gasteiger partial charge in [0.25, 0.3) is 0 Å². The Morgan fingerprint density at radius 3 is 2.92 bits per heavy atom. The minimum Gasteiger partial charge on any atom is -0.468 e. The zero-order valence-corrected chi connectivity index (χ0v) is 7.49. The van der Waals surface area contributed by atoms with Crippen LogP contribution in [0.2, 0.25) is 0 Å². The van der Waals surface area contributed by atoms with Crippen molar-refractivity contribution in [2.45, 2.75) is 25.4 Å². The molecule has 1 rings (SSSR count). The normalized spacial score (nSPS) is 29.6. The van der Waals surface area contributed by atoms with Crippen molar-refractivity contribution >= 4 is 5.97 Å². The standard InChI is InChI=1S/C8H15NO3/c1-3-6(5-10)9-4-7(9)8(11)12-2/h6-7,10H,3-5H2,1-2H3/t6-,7-,9?/m0/s1. The number of esters is 1. The summed E-state index contributed by atoms with van der Waals surface area (Å²) in [4.78, 5) is 12.9. The van der Waals surface area contributed by atoms with E-state index >= 15 is 0 Å². The molecule has 0 aromatic heterocycles. The van der Waals surface area contributed by atoms with Gasteiger partial charge in [-0.2, -0.15) is 0 Å². The molecule has 1 aliphatic rings. The van der Waals surface area contributed by atoms with Gasteiger partial charge in [-0.3, -0.25) is 9.69 Å². The van der Waals surface area contributed by atoms with Crippen LogP contribution in [-0.2, 0) is 9.53 Å². The van der Waals surface area contributed by atoms with Crippen molar-refractivity contribution in [3.63, 3.8) is 0 Å². The molecule has 1 unspecified atom stereocenters. The molecule has 12 heavy (non-hydrogen) atoms. The molecule has 0 saturated carbocycles. The van der Waals surface area contributed by atoms with Crippen molar-refractivity contribution in [1.82, 2.24) is 4.90 Å². The Kier molecular flexibility index (Phi) is 3.05. The van der Waals surface area contributed by atoms with E-state index in [1.54, 1.807) is 0 Å². The predicted octanol–water partition coefficient (Wildman–Crippen LogP) is -0.386. The van der Waals surface area contributed by atoms with Gasteiger partial charge in [-0.05, 0) is 6.42 Å². The topological polar surface area (TPSA) is 49.5 Å². The summed E-state index contributed by atoms with van der Waals surface area (Å²) < 4.78 is 4.58. The summed E-state index contributed by atoms with van der Waals surface area (Å²) in [5.41, 5.74) is 0. The van der Waals surface area contributed by atoms with Crippen LogP contribution >= 0.6 is 0 Å². The van der Waals surface area contributed by atoms with Crippen molar-refractivity contribution in [2.24, 2.45) is 0 Å². The highest BCUT2D eigenvalue weighted by atomic mass is 16.5. The Bertz CT molecular complexity index is 168. The lowest BCUT2D eigenvalue weighted by Gasteiger charge is -2.12. The average Bonchev–Trinajstić information content (AvgIpc) is 2.86. The fraction of sp³-hybridized carbons (Fsp3) is 0.875. The highest BCUT2D eigenvalue weighted by molar-refractivity contribution is 5.79. The van der Waals surface area contributed by atoms with Crippen LogP contribution < -0.4 is 0 Å². The van der Waals surface area contributed by atoms with E-state index in [1.165, 1.54) is 7.11 Å². The molecule has 1 aliphatic heterocycles. The molecule has 0 amide bonds. The molecule has 0 aliphatic carbocycles. The van der Waals surface area contributed by atoms with Gasteiger partial charge in [-0.1, -0.05) is 6.92 Å². The van der Waals surface area contributed by atoms with Crippen LogP contribution in [0, 0.1) is 0 Å². The number of aliphatic hydroxyl groups is 1. The van der Waals surface area contributed by atoms with Crippen LogP contribution in [0.1, 0.15) is 13.3 Å². The van der Waals surface area contributed by atoms with Crippen molar-refractivity contribution in [3.8, 4) is 0 Å². The summed E-state index contributed by atoms with van der Waals surface area (Å²) in [5.74, 6) is -0.193. The van der Waals surface area contributed by atoms with Gasteiger partial charge < -0.3 is 9.84 Å². The Morgan fingerprint density at radius 1 is 1.83 bits per heavy atom. The van der Waals surface area contributed by atoms with Gasteiger partial charge in [0.2, 0.25) is 0 Å². The van der Waals surface area contributed by atoms with Crippen LogP contribution in [0.25, 0.3) is 0 Å². The first-order chi connectivity index (χ1) is 5.74. The van der Waals surface area contributed by atoms with Gasteiger partial charge in [0.15, 0.2) is 0 Å². The molecule has 4 nitrogen and oxygen atoms in total. The van der Waals surface area contributed by atoms with Gasteiger partial charge >= 0.3 is 5.97 Å². The van der Waals surface area contributed by atoms with Crippen molar-refractivity contribution < 1.29 is 14.6 Å². The van der Waals surface area contributed by atoms with Crippen molar-refractivity contribution in [3.05, 3.63) is 0 Å². The number of hydrogen-bond acceptors (Lipinski definition) is 4. The summed E-state index contributed by atoms with van der Waals surface area (Å²) in [7, 11) is 1.39. The molecule has 1 heterocycles. The maximum absolute atomic E-state index is 11.0. The molecule has 3 atom stereocenters. The van der Waals surface area contributed by atoms with Crippen LogP contribution in [0.4, 0.5) is 0 Å². The summed E-state index contributed by atoms with van der Waals surface area (Å²) in [6.45, 7) is 2.84. The van der Waals surface area contributed by atoms with Crippen molar-refractivity contribution in [2.75, 3.05) is 20.3 Å². The van der Waals surface area contributed by atoms with E-state index in [0.717, 1.165) is 13.0 Å². The van der Waals surface area contributed by atoms with E-state index in [0.29, 0.717) is 0 Å². The minimum atomic E-state index is -0.193. The molecule has 4 heteroatoms. The fourth-order valence-electron chi connectivity index (χ4n) is 1.37. The highest BCUT2D eigenvalue weighted by Gasteiger charge is 2.44. The summed E-state index contributed by atoms with van der Waals surface area (Å²) in [6.07, 6.45) is 0.865. The number of carbonyl (C=O) groups is 1. The third-order valence-electron chi connectivity index (χ3n) is 2.27. The maximum Gasteiger partial charge on any atom is 0.324 e. The number of aliphatic hydroxyl groups excluding tert-OH is 1. The van der Waals surface area contributed by atoms with Crippen LogP contribution in [0.5, 0.6) is 0 Å². The van der Waals surface area contributed by atoms with E-state index in [9.17, 15) is 4.79 Å². The zero-order chi connectivity index (χ0) is 9.14. The lowest BCUT2D eigenvalue weighted by Crippen LogP contribution is -2.26. The highest BCUT2D eigenvalue weighted by Crippen LogP contribution is 2.23. The monoisotopic (exact) mass is 173 g/mol. The third kappa shape index (κ3) is 1.76. The van der Waals surface area contributed by atoms with Crippen LogP contribution in [0.15, 0.2) is 0 Å². The first-order valence-electron chi connectivity index (χ1n) is 4.19. The van der Waals surface area contributed by atoms with E-state index in [4.69, 9.17) is 5.11 Å². The fourth-order valence-corrected chi connectivity index (χ4v) is 1.37. The second-order valence-electron chi connectivity index (χ2n) is 2.98. The van der Waals surface area contributed by atoms with E-state index in [2.05, 4.69) is 4.74 Å².